The van der Waals surface area contributed by atoms with Crippen molar-refractivity contribution in [3.8, 4) is 6.07 Å². The van der Waals surface area contributed by atoms with Gasteiger partial charge in [0.2, 0.25) is 0 Å². The molecule has 0 spiro atoms. The molecule has 0 unspecified atom stereocenters. The van der Waals surface area contributed by atoms with Gasteiger partial charge in [0.15, 0.2) is 0 Å². The second-order valence-electron chi connectivity index (χ2n) is 5.98. The monoisotopic (exact) mass is 370 g/mol. The van der Waals surface area contributed by atoms with E-state index in [1.807, 2.05) is 6.07 Å². The van der Waals surface area contributed by atoms with Crippen LogP contribution in [0.3, 0.4) is 0 Å². The van der Waals surface area contributed by atoms with Crippen LogP contribution >= 0.6 is 11.3 Å². The van der Waals surface area contributed by atoms with Gasteiger partial charge in [-0.15, -0.1) is 11.3 Å². The smallest absolute Gasteiger partial charge is 0.341 e. The van der Waals surface area contributed by atoms with Crippen molar-refractivity contribution in [2.24, 2.45) is 0 Å². The number of amides is 1. The molecule has 2 aromatic heterocycles. The van der Waals surface area contributed by atoms with E-state index < -0.39 is 11.9 Å². The van der Waals surface area contributed by atoms with Crippen molar-refractivity contribution < 1.29 is 18.7 Å². The van der Waals surface area contributed by atoms with Gasteiger partial charge in [0.05, 0.1) is 12.7 Å². The summed E-state index contributed by atoms with van der Waals surface area (Å²) in [4.78, 5) is 25.9. The van der Waals surface area contributed by atoms with Crippen LogP contribution in [0.15, 0.2) is 22.1 Å². The first kappa shape index (κ1) is 18.0. The van der Waals surface area contributed by atoms with E-state index >= 15 is 0 Å². The van der Waals surface area contributed by atoms with Crippen LogP contribution in [0.25, 0.3) is 6.08 Å². The molecule has 3 rings (SSSR count). The number of carbonyl (C=O) groups is 2. The largest absolute Gasteiger partial charge is 0.465 e. The number of nitrogens with one attached hydrogen (secondary N) is 1. The highest BCUT2D eigenvalue weighted by Crippen LogP contribution is 2.38. The summed E-state index contributed by atoms with van der Waals surface area (Å²) in [5.41, 5.74) is 1.26. The van der Waals surface area contributed by atoms with Gasteiger partial charge in [0, 0.05) is 11.0 Å². The highest BCUT2D eigenvalue weighted by molar-refractivity contribution is 7.17. The number of nitriles is 1. The maximum absolute atomic E-state index is 12.5. The second kappa shape index (κ2) is 7.58. The highest BCUT2D eigenvalue weighted by Gasteiger charge is 2.27. The molecule has 2 aromatic rings. The van der Waals surface area contributed by atoms with E-state index in [9.17, 15) is 14.9 Å². The number of thiophene rings is 1. The number of esters is 1. The number of furan rings is 1. The molecule has 1 amide bonds. The van der Waals surface area contributed by atoms with Crippen LogP contribution in [-0.4, -0.2) is 19.0 Å². The summed E-state index contributed by atoms with van der Waals surface area (Å²) < 4.78 is 10.3. The average Bonchev–Trinajstić information content (AvgIpc) is 3.21. The number of hydrogen-bond donors (Lipinski definition) is 1. The molecule has 0 bridgehead atoms. The summed E-state index contributed by atoms with van der Waals surface area (Å²) in [5, 5.41) is 12.5. The molecule has 134 valence electrons. The van der Waals surface area contributed by atoms with E-state index in [0.29, 0.717) is 22.1 Å². The van der Waals surface area contributed by atoms with Gasteiger partial charge in [-0.25, -0.2) is 4.79 Å². The van der Waals surface area contributed by atoms with Gasteiger partial charge in [0.25, 0.3) is 5.91 Å². The standard InChI is InChI=1S/C19H18N2O4S/c1-11-7-8-13(25-11)9-12(10-20)17(22)21-18-16(19(23)24-2)14-5-3-4-6-15(14)26-18/h7-9H,3-6H2,1-2H3,(H,21,22)/b12-9+. The number of nitrogens with zero attached hydrogens (tertiary/aromatic N) is 1. The van der Waals surface area contributed by atoms with Crippen LogP contribution in [0.2, 0.25) is 0 Å². The topological polar surface area (TPSA) is 92.3 Å². The molecule has 0 aliphatic heterocycles. The van der Waals surface area contributed by atoms with E-state index in [-0.39, 0.29) is 5.57 Å². The number of anilines is 1. The maximum atomic E-state index is 12.5. The number of methoxy groups -OCH3 is 1. The average molecular weight is 370 g/mol. The Kier molecular flexibility index (Phi) is 5.24. The fourth-order valence-corrected chi connectivity index (χ4v) is 4.24. The minimum Gasteiger partial charge on any atom is -0.465 e. The Balaban J connectivity index is 1.91. The third-order valence-electron chi connectivity index (χ3n) is 4.20. The molecule has 0 aromatic carbocycles. The zero-order valence-corrected chi connectivity index (χ0v) is 15.4. The van der Waals surface area contributed by atoms with Crippen molar-refractivity contribution in [3.63, 3.8) is 0 Å². The quantitative estimate of drug-likeness (QED) is 0.501. The lowest BCUT2D eigenvalue weighted by Gasteiger charge is -2.11. The van der Waals surface area contributed by atoms with Gasteiger partial charge in [-0.3, -0.25) is 4.79 Å². The van der Waals surface area contributed by atoms with Crippen LogP contribution in [-0.2, 0) is 22.4 Å². The minimum absolute atomic E-state index is 0.0958. The first-order valence-corrected chi connectivity index (χ1v) is 9.07. The SMILES string of the molecule is COC(=O)c1c(NC(=O)/C(C#N)=C/c2ccc(C)o2)sc2c1CCCC2. The summed E-state index contributed by atoms with van der Waals surface area (Å²) in [5.74, 6) is 0.0647. The summed E-state index contributed by atoms with van der Waals surface area (Å²) >= 11 is 1.38. The Morgan fingerprint density at radius 1 is 1.35 bits per heavy atom. The van der Waals surface area contributed by atoms with Crippen molar-refractivity contribution in [2.75, 3.05) is 12.4 Å². The molecule has 6 nitrogen and oxygen atoms in total. The van der Waals surface area contributed by atoms with Crippen molar-refractivity contribution in [2.45, 2.75) is 32.6 Å². The number of ether oxygens (including phenoxy) is 1. The number of fused-ring (bicyclic) bond motifs is 1. The second-order valence-corrected chi connectivity index (χ2v) is 7.08. The fraction of sp³-hybridized carbons (Fsp3) is 0.316. The lowest BCUT2D eigenvalue weighted by molar-refractivity contribution is -0.112. The summed E-state index contributed by atoms with van der Waals surface area (Å²) in [6, 6.07) is 5.32. The number of hydrogen-bond acceptors (Lipinski definition) is 6. The number of aryl methyl sites for hydroxylation is 2. The van der Waals surface area contributed by atoms with Crippen molar-refractivity contribution in [1.29, 1.82) is 5.26 Å². The Hall–Kier alpha value is -2.85. The van der Waals surface area contributed by atoms with Crippen LogP contribution < -0.4 is 5.32 Å². The first-order valence-electron chi connectivity index (χ1n) is 8.26. The summed E-state index contributed by atoms with van der Waals surface area (Å²) in [6.45, 7) is 1.78. The molecule has 0 saturated carbocycles. The third-order valence-corrected chi connectivity index (χ3v) is 5.41. The van der Waals surface area contributed by atoms with Gasteiger partial charge < -0.3 is 14.5 Å². The zero-order chi connectivity index (χ0) is 18.7. The van der Waals surface area contributed by atoms with Crippen molar-refractivity contribution in [1.82, 2.24) is 0 Å². The highest BCUT2D eigenvalue weighted by atomic mass is 32.1. The molecule has 1 aliphatic rings. The molecule has 0 radical (unpaired) electrons. The van der Waals surface area contributed by atoms with E-state index in [2.05, 4.69) is 5.32 Å². The molecular formula is C19H18N2O4S. The maximum Gasteiger partial charge on any atom is 0.341 e. The van der Waals surface area contributed by atoms with Crippen LogP contribution in [0, 0.1) is 18.3 Å². The van der Waals surface area contributed by atoms with Crippen molar-refractivity contribution >= 4 is 34.3 Å². The molecule has 1 N–H and O–H groups in total. The molecule has 0 saturated heterocycles. The number of rotatable bonds is 4. The molecular weight excluding hydrogens is 352 g/mol. The lowest BCUT2D eigenvalue weighted by atomic mass is 9.95. The summed E-state index contributed by atoms with van der Waals surface area (Å²) in [6.07, 6.45) is 5.11. The Morgan fingerprint density at radius 3 is 2.77 bits per heavy atom. The van der Waals surface area contributed by atoms with Gasteiger partial charge in [-0.2, -0.15) is 5.26 Å². The Labute approximate surface area is 155 Å². The van der Waals surface area contributed by atoms with Crippen LogP contribution in [0.5, 0.6) is 0 Å². The van der Waals surface area contributed by atoms with Crippen LogP contribution in [0.1, 0.15) is 45.2 Å². The molecule has 0 atom stereocenters. The van der Waals surface area contributed by atoms with Crippen LogP contribution in [0.4, 0.5) is 5.00 Å². The lowest BCUT2D eigenvalue weighted by Crippen LogP contribution is -2.16. The van der Waals surface area contributed by atoms with E-state index in [0.717, 1.165) is 36.1 Å². The third kappa shape index (κ3) is 3.55. The normalized spacial score (nSPS) is 13.7. The Morgan fingerprint density at radius 2 is 2.12 bits per heavy atom. The summed E-state index contributed by atoms with van der Waals surface area (Å²) in [7, 11) is 1.32. The van der Waals surface area contributed by atoms with E-state index in [1.165, 1.54) is 24.5 Å². The molecule has 0 fully saturated rings. The number of carbonyl (C=O) groups excluding carboxylic acids is 2. The first-order chi connectivity index (χ1) is 12.5. The molecule has 26 heavy (non-hydrogen) atoms. The molecule has 2 heterocycles. The zero-order valence-electron chi connectivity index (χ0n) is 14.5. The Bertz CT molecular complexity index is 930. The van der Waals surface area contributed by atoms with Gasteiger partial charge in [-0.05, 0) is 50.3 Å². The van der Waals surface area contributed by atoms with Gasteiger partial charge >= 0.3 is 5.97 Å². The van der Waals surface area contributed by atoms with Crippen molar-refractivity contribution in [3.05, 3.63) is 45.2 Å². The predicted octanol–water partition coefficient (Wildman–Crippen LogP) is 3.86. The van der Waals surface area contributed by atoms with Gasteiger partial charge in [-0.1, -0.05) is 0 Å². The minimum atomic E-state index is -0.578. The molecule has 7 heteroatoms. The predicted molar refractivity (Wildman–Crippen MR) is 98.0 cm³/mol. The molecule has 1 aliphatic carbocycles. The van der Waals surface area contributed by atoms with E-state index in [4.69, 9.17) is 9.15 Å². The fourth-order valence-electron chi connectivity index (χ4n) is 2.96. The van der Waals surface area contributed by atoms with E-state index in [1.54, 1.807) is 19.1 Å². The van der Waals surface area contributed by atoms with Gasteiger partial charge in [0.1, 0.15) is 28.2 Å².